The average molecular weight is 544 g/mol. The van der Waals surface area contributed by atoms with Gasteiger partial charge in [0.1, 0.15) is 12.3 Å². The molecule has 0 radical (unpaired) electrons. The number of likely N-dealkylation sites (tertiary alicyclic amines) is 1. The van der Waals surface area contributed by atoms with E-state index in [1.54, 1.807) is 6.21 Å². The van der Waals surface area contributed by atoms with Gasteiger partial charge in [0.2, 0.25) is 5.91 Å². The summed E-state index contributed by atoms with van der Waals surface area (Å²) >= 11 is 5.88. The molecule has 5 rings (SSSR count). The highest BCUT2D eigenvalue weighted by atomic mass is 35.5. The first kappa shape index (κ1) is 26.5. The zero-order chi connectivity index (χ0) is 27.4. The Balaban J connectivity index is 1.20. The molecule has 4 aromatic rings. The molecule has 1 atom stereocenters. The largest absolute Gasteiger partial charge is 0.506 e. The van der Waals surface area contributed by atoms with E-state index in [0.717, 1.165) is 42.5 Å². The minimum atomic E-state index is -0.444. The Morgan fingerprint density at radius 3 is 2.74 bits per heavy atom. The highest BCUT2D eigenvalue weighted by Crippen LogP contribution is 2.24. The Hall–Kier alpha value is -4.14. The predicted octanol–water partition coefficient (Wildman–Crippen LogP) is 4.50. The van der Waals surface area contributed by atoms with Crippen LogP contribution in [0.3, 0.4) is 0 Å². The SMILES string of the molecule is CN(C(=O)Cn1ccc2c(/C=N/NC(=O)c3ccc(O)c(Cl)c3)cccc21)C1CCN(Cc2ccccc2)C1. The second-order valence-corrected chi connectivity index (χ2v) is 10.2. The molecule has 1 aliphatic rings. The molecule has 0 aliphatic carbocycles. The summed E-state index contributed by atoms with van der Waals surface area (Å²) in [5, 5.41) is 14.6. The molecule has 2 amide bonds. The number of halogens is 1. The van der Waals surface area contributed by atoms with Gasteiger partial charge in [-0.05, 0) is 42.3 Å². The Bertz CT molecular complexity index is 1520. The van der Waals surface area contributed by atoms with Crippen LogP contribution in [0.15, 0.2) is 84.1 Å². The molecule has 1 aromatic heterocycles. The maximum absolute atomic E-state index is 13.2. The summed E-state index contributed by atoms with van der Waals surface area (Å²) in [6, 6.07) is 22.5. The van der Waals surface area contributed by atoms with Gasteiger partial charge in [-0.25, -0.2) is 5.43 Å². The maximum atomic E-state index is 13.2. The summed E-state index contributed by atoms with van der Waals surface area (Å²) in [5.74, 6) is -0.468. The third-order valence-corrected chi connectivity index (χ3v) is 7.47. The van der Waals surface area contributed by atoms with E-state index in [2.05, 4.69) is 39.7 Å². The fraction of sp³-hybridized carbons (Fsp3) is 0.233. The molecule has 1 fully saturated rings. The molecule has 9 heteroatoms. The molecule has 0 spiro atoms. The number of carbonyl (C=O) groups excluding carboxylic acids is 2. The Labute approximate surface area is 232 Å². The number of nitrogens with one attached hydrogen (secondary N) is 1. The first-order chi connectivity index (χ1) is 18.9. The van der Waals surface area contributed by atoms with Crippen LogP contribution < -0.4 is 5.43 Å². The van der Waals surface area contributed by atoms with Crippen molar-refractivity contribution in [3.05, 3.63) is 101 Å². The zero-order valence-electron chi connectivity index (χ0n) is 21.6. The van der Waals surface area contributed by atoms with Crippen molar-refractivity contribution in [2.75, 3.05) is 20.1 Å². The molecule has 0 bridgehead atoms. The van der Waals surface area contributed by atoms with E-state index in [4.69, 9.17) is 11.6 Å². The number of aromatic hydroxyl groups is 1. The lowest BCUT2D eigenvalue weighted by Crippen LogP contribution is -2.40. The van der Waals surface area contributed by atoms with E-state index < -0.39 is 5.91 Å². The van der Waals surface area contributed by atoms with Crippen molar-refractivity contribution in [2.45, 2.75) is 25.6 Å². The molecule has 200 valence electrons. The molecule has 1 unspecified atom stereocenters. The number of amides is 2. The number of phenolic OH excluding ortho intramolecular Hbond substituents is 1. The van der Waals surface area contributed by atoms with Crippen molar-refractivity contribution in [2.24, 2.45) is 5.10 Å². The van der Waals surface area contributed by atoms with Crippen LogP contribution >= 0.6 is 11.6 Å². The fourth-order valence-electron chi connectivity index (χ4n) is 4.95. The summed E-state index contributed by atoms with van der Waals surface area (Å²) in [7, 11) is 1.90. The van der Waals surface area contributed by atoms with Gasteiger partial charge in [0.15, 0.2) is 0 Å². The van der Waals surface area contributed by atoms with Crippen molar-refractivity contribution in [1.29, 1.82) is 0 Å². The van der Waals surface area contributed by atoms with Crippen LogP contribution in [-0.4, -0.2) is 63.7 Å². The number of hydrogen-bond donors (Lipinski definition) is 2. The van der Waals surface area contributed by atoms with Gasteiger partial charge < -0.3 is 14.6 Å². The topological polar surface area (TPSA) is 90.2 Å². The average Bonchev–Trinajstić information content (AvgIpc) is 3.58. The maximum Gasteiger partial charge on any atom is 0.271 e. The number of benzene rings is 3. The van der Waals surface area contributed by atoms with Gasteiger partial charge in [-0.2, -0.15) is 5.10 Å². The summed E-state index contributed by atoms with van der Waals surface area (Å²) in [6.45, 7) is 2.98. The molecule has 0 saturated carbocycles. The van der Waals surface area contributed by atoms with Crippen LogP contribution in [-0.2, 0) is 17.9 Å². The number of hydrogen-bond acceptors (Lipinski definition) is 5. The van der Waals surface area contributed by atoms with Gasteiger partial charge in [-0.1, -0.05) is 54.1 Å². The third-order valence-electron chi connectivity index (χ3n) is 7.17. The van der Waals surface area contributed by atoms with Crippen molar-refractivity contribution in [1.82, 2.24) is 19.8 Å². The number of fused-ring (bicyclic) bond motifs is 1. The lowest BCUT2D eigenvalue weighted by Gasteiger charge is -2.25. The Kier molecular flexibility index (Phi) is 7.95. The second kappa shape index (κ2) is 11.7. The number of likely N-dealkylation sites (N-methyl/N-ethyl adjacent to an activating group) is 1. The van der Waals surface area contributed by atoms with E-state index in [9.17, 15) is 14.7 Å². The molecule has 1 aliphatic heterocycles. The number of rotatable bonds is 8. The second-order valence-electron chi connectivity index (χ2n) is 9.76. The van der Waals surface area contributed by atoms with E-state index in [1.807, 2.05) is 53.0 Å². The molecule has 8 nitrogen and oxygen atoms in total. The molecule has 1 saturated heterocycles. The Morgan fingerprint density at radius 2 is 1.95 bits per heavy atom. The van der Waals surface area contributed by atoms with E-state index in [0.29, 0.717) is 0 Å². The van der Waals surface area contributed by atoms with Crippen molar-refractivity contribution < 1.29 is 14.7 Å². The Morgan fingerprint density at radius 1 is 1.13 bits per heavy atom. The van der Waals surface area contributed by atoms with E-state index in [-0.39, 0.29) is 34.8 Å². The monoisotopic (exact) mass is 543 g/mol. The molecular formula is C30H30ClN5O3. The molecule has 2 N–H and O–H groups in total. The molecule has 3 aromatic carbocycles. The predicted molar refractivity (Wildman–Crippen MR) is 153 cm³/mol. The highest BCUT2D eigenvalue weighted by Gasteiger charge is 2.28. The standard InChI is InChI=1S/C30H30ClN5O3/c1-34(24-12-14-35(19-24)18-21-6-3-2-4-7-21)29(38)20-36-15-13-25-23(8-5-9-27(25)36)17-32-33-30(39)22-10-11-28(37)26(31)16-22/h2-11,13,15-17,24,37H,12,14,18-20H2,1H3,(H,33,39)/b32-17+. The number of carbonyl (C=O) groups is 2. The van der Waals surface area contributed by atoms with Crippen LogP contribution in [0, 0.1) is 0 Å². The van der Waals surface area contributed by atoms with Crippen LogP contribution in [0.25, 0.3) is 10.9 Å². The number of hydrazone groups is 1. The van der Waals surface area contributed by atoms with Crippen LogP contribution in [0.4, 0.5) is 0 Å². The van der Waals surface area contributed by atoms with Crippen molar-refractivity contribution in [3.8, 4) is 5.75 Å². The van der Waals surface area contributed by atoms with Gasteiger partial charge in [0.25, 0.3) is 5.91 Å². The van der Waals surface area contributed by atoms with Gasteiger partial charge in [-0.15, -0.1) is 0 Å². The summed E-state index contributed by atoms with van der Waals surface area (Å²) in [6.07, 6.45) is 4.44. The quantitative estimate of drug-likeness (QED) is 0.253. The molecule has 2 heterocycles. The minimum absolute atomic E-state index is 0.0675. The van der Waals surface area contributed by atoms with Gasteiger partial charge in [-0.3, -0.25) is 14.5 Å². The fourth-order valence-corrected chi connectivity index (χ4v) is 5.13. The lowest BCUT2D eigenvalue weighted by molar-refractivity contribution is -0.132. The lowest BCUT2D eigenvalue weighted by atomic mass is 10.1. The first-order valence-corrected chi connectivity index (χ1v) is 13.2. The van der Waals surface area contributed by atoms with E-state index in [1.165, 1.54) is 23.8 Å². The first-order valence-electron chi connectivity index (χ1n) is 12.8. The van der Waals surface area contributed by atoms with Gasteiger partial charge in [0, 0.05) is 61.0 Å². The number of phenols is 1. The summed E-state index contributed by atoms with van der Waals surface area (Å²) in [5.41, 5.74) is 5.77. The van der Waals surface area contributed by atoms with Crippen LogP contribution in [0.2, 0.25) is 5.02 Å². The molecular weight excluding hydrogens is 514 g/mol. The van der Waals surface area contributed by atoms with Gasteiger partial charge in [0.05, 0.1) is 11.2 Å². The molecule has 39 heavy (non-hydrogen) atoms. The normalized spacial score (nSPS) is 15.7. The van der Waals surface area contributed by atoms with E-state index >= 15 is 0 Å². The van der Waals surface area contributed by atoms with Crippen molar-refractivity contribution >= 4 is 40.5 Å². The highest BCUT2D eigenvalue weighted by molar-refractivity contribution is 6.32. The van der Waals surface area contributed by atoms with Crippen LogP contribution in [0.1, 0.15) is 27.9 Å². The zero-order valence-corrected chi connectivity index (χ0v) is 22.4. The third kappa shape index (κ3) is 6.13. The summed E-state index contributed by atoms with van der Waals surface area (Å²) < 4.78 is 1.94. The number of aromatic nitrogens is 1. The minimum Gasteiger partial charge on any atom is -0.506 e. The summed E-state index contributed by atoms with van der Waals surface area (Å²) in [4.78, 5) is 29.8. The van der Waals surface area contributed by atoms with Gasteiger partial charge >= 0.3 is 0 Å². The number of nitrogens with zero attached hydrogens (tertiary/aromatic N) is 4. The smallest absolute Gasteiger partial charge is 0.271 e. The van der Waals surface area contributed by atoms with Crippen molar-refractivity contribution in [3.63, 3.8) is 0 Å². The van der Waals surface area contributed by atoms with Crippen LogP contribution in [0.5, 0.6) is 5.75 Å².